The van der Waals surface area contributed by atoms with Crippen LogP contribution in [0.3, 0.4) is 0 Å². The monoisotopic (exact) mass is 356 g/mol. The molecule has 0 amide bonds. The van der Waals surface area contributed by atoms with Gasteiger partial charge >= 0.3 is 0 Å². The minimum absolute atomic E-state index is 0.170. The largest absolute Gasteiger partial charge is 0.345 e. The Kier molecular flexibility index (Phi) is 17.2. The summed E-state index contributed by atoms with van der Waals surface area (Å²) >= 11 is 0. The van der Waals surface area contributed by atoms with Gasteiger partial charge in [0.25, 0.3) is 0 Å². The van der Waals surface area contributed by atoms with Crippen molar-refractivity contribution in [2.45, 2.75) is 118 Å². The fourth-order valence-corrected chi connectivity index (χ4v) is 3.26. The van der Waals surface area contributed by atoms with Gasteiger partial charge in [-0.05, 0) is 37.5 Å². The van der Waals surface area contributed by atoms with E-state index in [-0.39, 0.29) is 12.5 Å². The van der Waals surface area contributed by atoms with Gasteiger partial charge in [0.15, 0.2) is 0 Å². The Morgan fingerprint density at radius 1 is 0.600 bits per heavy atom. The van der Waals surface area contributed by atoms with Crippen molar-refractivity contribution in [3.63, 3.8) is 0 Å². The Balaban J connectivity index is 4.25. The average Bonchev–Trinajstić information content (AvgIpc) is 2.65. The van der Waals surface area contributed by atoms with E-state index >= 15 is 0 Å². The molecule has 0 rings (SSSR count). The fraction of sp³-hybridized carbons (Fsp3) is 1.00. The highest BCUT2D eigenvalue weighted by Gasteiger charge is 2.16. The predicted octanol–water partition coefficient (Wildman–Crippen LogP) is 6.09. The standard InChI is InChI=1S/C22H48N2O/c1-7-13-15-19(9-3)17-23-21(11-5)25-22(12-6)24-18-20(10-4)16-14-8-2/h19-24H,7-18H2,1-6H3. The quantitative estimate of drug-likeness (QED) is 0.292. The zero-order valence-corrected chi connectivity index (χ0v) is 18.2. The molecule has 0 bridgehead atoms. The van der Waals surface area contributed by atoms with E-state index in [0.717, 1.165) is 37.8 Å². The molecule has 0 radical (unpaired) electrons. The smallest absolute Gasteiger partial charge is 0.109 e. The lowest BCUT2D eigenvalue weighted by Gasteiger charge is -2.28. The summed E-state index contributed by atoms with van der Waals surface area (Å²) in [6, 6.07) is 0. The number of rotatable bonds is 18. The molecule has 0 fully saturated rings. The second-order valence-corrected chi connectivity index (χ2v) is 7.58. The molecular formula is C22H48N2O. The summed E-state index contributed by atoms with van der Waals surface area (Å²) in [7, 11) is 0. The number of unbranched alkanes of at least 4 members (excludes halogenated alkanes) is 2. The number of nitrogens with one attached hydrogen (secondary N) is 2. The lowest BCUT2D eigenvalue weighted by molar-refractivity contribution is -0.0528. The number of hydrogen-bond donors (Lipinski definition) is 2. The zero-order chi connectivity index (χ0) is 18.9. The molecule has 0 aliphatic rings. The molecule has 0 aromatic heterocycles. The molecule has 25 heavy (non-hydrogen) atoms. The Bertz CT molecular complexity index is 247. The summed E-state index contributed by atoms with van der Waals surface area (Å²) in [6.07, 6.45) is 12.8. The third-order valence-electron chi connectivity index (χ3n) is 5.43. The molecule has 3 nitrogen and oxygen atoms in total. The van der Waals surface area contributed by atoms with Crippen LogP contribution in [0.5, 0.6) is 0 Å². The lowest BCUT2D eigenvalue weighted by atomic mass is 9.99. The molecule has 4 atom stereocenters. The summed E-state index contributed by atoms with van der Waals surface area (Å²) in [5, 5.41) is 7.34. The maximum atomic E-state index is 6.33. The fourth-order valence-electron chi connectivity index (χ4n) is 3.26. The van der Waals surface area contributed by atoms with E-state index < -0.39 is 0 Å². The SMILES string of the molecule is CCCCC(CC)CNC(CC)OC(CC)NCC(CC)CCCC. The van der Waals surface area contributed by atoms with Gasteiger partial charge in [-0.15, -0.1) is 0 Å². The van der Waals surface area contributed by atoms with Crippen LogP contribution in [0.15, 0.2) is 0 Å². The summed E-state index contributed by atoms with van der Waals surface area (Å²) in [6.45, 7) is 15.8. The van der Waals surface area contributed by atoms with E-state index in [0.29, 0.717) is 0 Å². The molecule has 0 heterocycles. The van der Waals surface area contributed by atoms with E-state index in [1.54, 1.807) is 0 Å². The van der Waals surface area contributed by atoms with Crippen molar-refractivity contribution in [3.8, 4) is 0 Å². The predicted molar refractivity (Wildman–Crippen MR) is 112 cm³/mol. The zero-order valence-electron chi connectivity index (χ0n) is 18.2. The van der Waals surface area contributed by atoms with E-state index in [4.69, 9.17) is 4.74 Å². The van der Waals surface area contributed by atoms with E-state index in [9.17, 15) is 0 Å². The molecule has 0 saturated heterocycles. The highest BCUT2D eigenvalue weighted by atomic mass is 16.5. The molecule has 0 saturated carbocycles. The summed E-state index contributed by atoms with van der Waals surface area (Å²) in [5.74, 6) is 1.56. The molecule has 0 aliphatic heterocycles. The highest BCUT2D eigenvalue weighted by Crippen LogP contribution is 2.14. The van der Waals surface area contributed by atoms with Gasteiger partial charge in [0, 0.05) is 13.1 Å². The van der Waals surface area contributed by atoms with Crippen LogP contribution in [0.1, 0.15) is 106 Å². The van der Waals surface area contributed by atoms with Crippen molar-refractivity contribution in [1.82, 2.24) is 10.6 Å². The first kappa shape index (κ1) is 24.9. The molecule has 152 valence electrons. The second-order valence-electron chi connectivity index (χ2n) is 7.58. The lowest BCUT2D eigenvalue weighted by Crippen LogP contribution is -2.43. The normalized spacial score (nSPS) is 16.6. The molecule has 0 aromatic carbocycles. The van der Waals surface area contributed by atoms with Gasteiger partial charge in [-0.1, -0.05) is 80.1 Å². The van der Waals surface area contributed by atoms with Crippen molar-refractivity contribution in [3.05, 3.63) is 0 Å². The number of hydrogen-bond acceptors (Lipinski definition) is 3. The maximum Gasteiger partial charge on any atom is 0.109 e. The van der Waals surface area contributed by atoms with Crippen LogP contribution in [0.25, 0.3) is 0 Å². The molecule has 4 unspecified atom stereocenters. The molecule has 3 heteroatoms. The topological polar surface area (TPSA) is 33.3 Å². The Morgan fingerprint density at radius 3 is 1.28 bits per heavy atom. The second kappa shape index (κ2) is 17.3. The van der Waals surface area contributed by atoms with Gasteiger partial charge in [-0.2, -0.15) is 0 Å². The first-order valence-electron chi connectivity index (χ1n) is 11.3. The van der Waals surface area contributed by atoms with Gasteiger partial charge in [0.1, 0.15) is 12.5 Å². The van der Waals surface area contributed by atoms with Crippen molar-refractivity contribution < 1.29 is 4.74 Å². The van der Waals surface area contributed by atoms with Crippen LogP contribution < -0.4 is 10.6 Å². The number of ether oxygens (including phenoxy) is 1. The third-order valence-corrected chi connectivity index (χ3v) is 5.43. The van der Waals surface area contributed by atoms with Gasteiger partial charge in [0.2, 0.25) is 0 Å². The summed E-state index contributed by atoms with van der Waals surface area (Å²) in [5.41, 5.74) is 0. The first-order valence-corrected chi connectivity index (χ1v) is 11.3. The summed E-state index contributed by atoms with van der Waals surface area (Å²) in [4.78, 5) is 0. The molecular weight excluding hydrogens is 308 g/mol. The van der Waals surface area contributed by atoms with Gasteiger partial charge in [0.05, 0.1) is 0 Å². The Morgan fingerprint density at radius 2 is 1.00 bits per heavy atom. The molecule has 2 N–H and O–H groups in total. The summed E-state index contributed by atoms with van der Waals surface area (Å²) < 4.78 is 6.33. The van der Waals surface area contributed by atoms with Crippen LogP contribution in [-0.4, -0.2) is 25.5 Å². The van der Waals surface area contributed by atoms with Crippen molar-refractivity contribution in [1.29, 1.82) is 0 Å². The Labute approximate surface area is 159 Å². The highest BCUT2D eigenvalue weighted by molar-refractivity contribution is 4.67. The van der Waals surface area contributed by atoms with Crippen LogP contribution >= 0.6 is 0 Å². The first-order chi connectivity index (χ1) is 12.1. The Hall–Kier alpha value is -0.120. The average molecular weight is 357 g/mol. The van der Waals surface area contributed by atoms with Crippen molar-refractivity contribution in [2.75, 3.05) is 13.1 Å². The van der Waals surface area contributed by atoms with Crippen LogP contribution in [-0.2, 0) is 4.74 Å². The molecule has 0 aromatic rings. The molecule has 0 spiro atoms. The van der Waals surface area contributed by atoms with Gasteiger partial charge < -0.3 is 4.74 Å². The van der Waals surface area contributed by atoms with Crippen molar-refractivity contribution >= 4 is 0 Å². The van der Waals surface area contributed by atoms with Gasteiger partial charge in [-0.3, -0.25) is 10.6 Å². The maximum absolute atomic E-state index is 6.33. The van der Waals surface area contributed by atoms with E-state index in [2.05, 4.69) is 52.2 Å². The van der Waals surface area contributed by atoms with Crippen LogP contribution in [0.2, 0.25) is 0 Å². The minimum Gasteiger partial charge on any atom is -0.345 e. The van der Waals surface area contributed by atoms with Crippen LogP contribution in [0, 0.1) is 11.8 Å². The van der Waals surface area contributed by atoms with E-state index in [1.165, 1.54) is 51.4 Å². The van der Waals surface area contributed by atoms with Crippen molar-refractivity contribution in [2.24, 2.45) is 11.8 Å². The molecule has 0 aliphatic carbocycles. The van der Waals surface area contributed by atoms with Crippen LogP contribution in [0.4, 0.5) is 0 Å². The third kappa shape index (κ3) is 12.8. The minimum atomic E-state index is 0.170. The van der Waals surface area contributed by atoms with Gasteiger partial charge in [-0.25, -0.2) is 0 Å². The van der Waals surface area contributed by atoms with E-state index in [1.807, 2.05) is 0 Å².